The number of hydrogen-bond donors (Lipinski definition) is 0. The van der Waals surface area contributed by atoms with Gasteiger partial charge in [0.15, 0.2) is 5.82 Å². The van der Waals surface area contributed by atoms with E-state index in [1.165, 1.54) is 0 Å². The van der Waals surface area contributed by atoms with Gasteiger partial charge in [0.1, 0.15) is 12.3 Å². The molecule has 0 saturated heterocycles. The number of fused-ring (bicyclic) bond motifs is 1. The molecule has 0 spiro atoms. The molecule has 0 unspecified atom stereocenters. The second-order valence-electron chi connectivity index (χ2n) is 7.78. The Balaban J connectivity index is 2.48. The van der Waals surface area contributed by atoms with Gasteiger partial charge in [-0.15, -0.1) is 0 Å². The van der Waals surface area contributed by atoms with Gasteiger partial charge in [-0.05, 0) is 25.5 Å². The lowest BCUT2D eigenvalue weighted by Crippen LogP contribution is -2.35. The number of imidazole rings is 1. The summed E-state index contributed by atoms with van der Waals surface area (Å²) in [6, 6.07) is 5.48. The second kappa shape index (κ2) is 8.55. The number of Topliss-reactive ketones (excluding diaryl/α,β-unsaturated/α-hetero) is 1. The molecule has 0 radical (unpaired) electrons. The SMILES string of the molecule is CCCCN(CC)C(=O)Cn1c(C(=O)C(C)(C)C)nc2cc(OC)ccc21. The van der Waals surface area contributed by atoms with Gasteiger partial charge in [0.25, 0.3) is 0 Å². The van der Waals surface area contributed by atoms with E-state index in [-0.39, 0.29) is 18.2 Å². The number of rotatable bonds is 8. The van der Waals surface area contributed by atoms with Crippen LogP contribution in [0.5, 0.6) is 5.75 Å². The largest absolute Gasteiger partial charge is 0.497 e. The Kier molecular flexibility index (Phi) is 6.63. The van der Waals surface area contributed by atoms with Crippen LogP contribution in [-0.2, 0) is 11.3 Å². The van der Waals surface area contributed by atoms with Crippen LogP contribution in [-0.4, -0.2) is 46.3 Å². The fraction of sp³-hybridized carbons (Fsp3) is 0.571. The molecular formula is C21H31N3O3. The maximum absolute atomic E-state index is 13.0. The van der Waals surface area contributed by atoms with Crippen molar-refractivity contribution in [2.45, 2.75) is 54.0 Å². The van der Waals surface area contributed by atoms with Gasteiger partial charge < -0.3 is 14.2 Å². The first-order valence-corrected chi connectivity index (χ1v) is 9.59. The Labute approximate surface area is 161 Å². The molecule has 1 heterocycles. The number of amides is 1. The number of likely N-dealkylation sites (N-methyl/N-ethyl adjacent to an activating group) is 1. The molecule has 0 fully saturated rings. The van der Waals surface area contributed by atoms with Gasteiger partial charge in [0.05, 0.1) is 18.1 Å². The van der Waals surface area contributed by atoms with Crippen molar-refractivity contribution >= 4 is 22.7 Å². The van der Waals surface area contributed by atoms with E-state index in [1.54, 1.807) is 17.7 Å². The Morgan fingerprint density at radius 2 is 1.93 bits per heavy atom. The molecule has 6 heteroatoms. The number of hydrogen-bond acceptors (Lipinski definition) is 4. The molecule has 2 aromatic rings. The van der Waals surface area contributed by atoms with Crippen molar-refractivity contribution in [1.29, 1.82) is 0 Å². The predicted molar refractivity (Wildman–Crippen MR) is 107 cm³/mol. The van der Waals surface area contributed by atoms with Crippen molar-refractivity contribution in [1.82, 2.24) is 14.5 Å². The molecule has 1 aromatic carbocycles. The first-order valence-electron chi connectivity index (χ1n) is 9.59. The molecule has 6 nitrogen and oxygen atoms in total. The van der Waals surface area contributed by atoms with Crippen LogP contribution in [0.25, 0.3) is 11.0 Å². The third-order valence-electron chi connectivity index (χ3n) is 4.65. The van der Waals surface area contributed by atoms with Crippen LogP contribution < -0.4 is 4.74 Å². The van der Waals surface area contributed by atoms with E-state index >= 15 is 0 Å². The standard InChI is InChI=1S/C21H31N3O3/c1-7-9-12-23(8-2)18(25)14-24-17-11-10-15(27-6)13-16(17)22-20(24)19(26)21(3,4)5/h10-11,13H,7-9,12,14H2,1-6H3. The molecule has 148 valence electrons. The highest BCUT2D eigenvalue weighted by Gasteiger charge is 2.29. The van der Waals surface area contributed by atoms with E-state index in [2.05, 4.69) is 11.9 Å². The number of carbonyl (C=O) groups excluding carboxylic acids is 2. The number of benzene rings is 1. The minimum atomic E-state index is -0.584. The quantitative estimate of drug-likeness (QED) is 0.658. The normalized spacial score (nSPS) is 11.6. The third-order valence-corrected chi connectivity index (χ3v) is 4.65. The fourth-order valence-electron chi connectivity index (χ4n) is 2.95. The fourth-order valence-corrected chi connectivity index (χ4v) is 2.95. The molecule has 0 aliphatic rings. The highest BCUT2D eigenvalue weighted by Crippen LogP contribution is 2.26. The number of unbranched alkanes of at least 4 members (excludes halogenated alkanes) is 1. The molecule has 0 N–H and O–H groups in total. The molecule has 0 aliphatic carbocycles. The summed E-state index contributed by atoms with van der Waals surface area (Å²) in [7, 11) is 1.59. The maximum atomic E-state index is 13.0. The van der Waals surface area contributed by atoms with Gasteiger partial charge in [-0.2, -0.15) is 0 Å². The van der Waals surface area contributed by atoms with Crippen LogP contribution in [0.15, 0.2) is 18.2 Å². The molecule has 1 aromatic heterocycles. The second-order valence-corrected chi connectivity index (χ2v) is 7.78. The van der Waals surface area contributed by atoms with Crippen LogP contribution in [0, 0.1) is 5.41 Å². The van der Waals surface area contributed by atoms with E-state index in [4.69, 9.17) is 4.74 Å². The van der Waals surface area contributed by atoms with E-state index < -0.39 is 5.41 Å². The summed E-state index contributed by atoms with van der Waals surface area (Å²) in [6.45, 7) is 11.2. The van der Waals surface area contributed by atoms with Gasteiger partial charge in [-0.3, -0.25) is 9.59 Å². The van der Waals surface area contributed by atoms with Crippen LogP contribution in [0.2, 0.25) is 0 Å². The third kappa shape index (κ3) is 4.67. The molecule has 0 atom stereocenters. The Hall–Kier alpha value is -2.37. The highest BCUT2D eigenvalue weighted by molar-refractivity contribution is 6.00. The summed E-state index contributed by atoms with van der Waals surface area (Å²) in [6.07, 6.45) is 2.00. The molecule has 1 amide bonds. The van der Waals surface area contributed by atoms with Crippen LogP contribution in [0.4, 0.5) is 0 Å². The summed E-state index contributed by atoms with van der Waals surface area (Å²) in [5, 5.41) is 0. The first kappa shape index (κ1) is 20.9. The number of ketones is 1. The van der Waals surface area contributed by atoms with Crippen molar-refractivity contribution in [3.8, 4) is 5.75 Å². The van der Waals surface area contributed by atoms with Gasteiger partial charge in [0.2, 0.25) is 11.7 Å². The summed E-state index contributed by atoms with van der Waals surface area (Å²) in [5.41, 5.74) is 0.841. The average molecular weight is 373 g/mol. The van der Waals surface area contributed by atoms with Crippen molar-refractivity contribution < 1.29 is 14.3 Å². The zero-order valence-electron chi connectivity index (χ0n) is 17.3. The lowest BCUT2D eigenvalue weighted by molar-refractivity contribution is -0.131. The summed E-state index contributed by atoms with van der Waals surface area (Å²) >= 11 is 0. The predicted octanol–water partition coefficient (Wildman–Crippen LogP) is 3.92. The number of methoxy groups -OCH3 is 1. The van der Waals surface area contributed by atoms with E-state index in [0.717, 1.165) is 24.9 Å². The molecule has 2 rings (SSSR count). The van der Waals surface area contributed by atoms with Crippen LogP contribution in [0.3, 0.4) is 0 Å². The molecular weight excluding hydrogens is 342 g/mol. The Bertz CT molecular complexity index is 818. The first-order chi connectivity index (χ1) is 12.7. The molecule has 0 bridgehead atoms. The van der Waals surface area contributed by atoms with Gasteiger partial charge >= 0.3 is 0 Å². The van der Waals surface area contributed by atoms with Crippen LogP contribution in [0.1, 0.15) is 58.1 Å². The van der Waals surface area contributed by atoms with E-state index in [9.17, 15) is 9.59 Å². The van der Waals surface area contributed by atoms with Crippen LogP contribution >= 0.6 is 0 Å². The van der Waals surface area contributed by atoms with Crippen molar-refractivity contribution in [2.75, 3.05) is 20.2 Å². The molecule has 27 heavy (non-hydrogen) atoms. The summed E-state index contributed by atoms with van der Waals surface area (Å²) in [4.78, 5) is 32.2. The van der Waals surface area contributed by atoms with Gasteiger partial charge in [-0.25, -0.2) is 4.98 Å². The zero-order valence-corrected chi connectivity index (χ0v) is 17.3. The van der Waals surface area contributed by atoms with Crippen molar-refractivity contribution in [3.63, 3.8) is 0 Å². The van der Waals surface area contributed by atoms with Gasteiger partial charge in [0, 0.05) is 24.6 Å². The topological polar surface area (TPSA) is 64.4 Å². The number of ether oxygens (including phenoxy) is 1. The monoisotopic (exact) mass is 373 g/mol. The Morgan fingerprint density at radius 1 is 1.22 bits per heavy atom. The number of carbonyl (C=O) groups is 2. The summed E-state index contributed by atoms with van der Waals surface area (Å²) < 4.78 is 7.02. The maximum Gasteiger partial charge on any atom is 0.242 e. The average Bonchev–Trinajstić information content (AvgIpc) is 2.98. The van der Waals surface area contributed by atoms with E-state index in [0.29, 0.717) is 23.6 Å². The minimum absolute atomic E-state index is 0.00373. The van der Waals surface area contributed by atoms with Crippen molar-refractivity contribution in [3.05, 3.63) is 24.0 Å². The Morgan fingerprint density at radius 3 is 2.48 bits per heavy atom. The molecule has 0 aliphatic heterocycles. The number of nitrogens with zero attached hydrogens (tertiary/aromatic N) is 3. The minimum Gasteiger partial charge on any atom is -0.497 e. The zero-order chi connectivity index (χ0) is 20.2. The lowest BCUT2D eigenvalue weighted by Gasteiger charge is -2.22. The highest BCUT2D eigenvalue weighted by atomic mass is 16.5. The smallest absolute Gasteiger partial charge is 0.242 e. The van der Waals surface area contributed by atoms with E-state index in [1.807, 2.05) is 44.7 Å². The lowest BCUT2D eigenvalue weighted by atomic mass is 9.90. The summed E-state index contributed by atoms with van der Waals surface area (Å²) in [5.74, 6) is 0.920. The van der Waals surface area contributed by atoms with Crippen molar-refractivity contribution in [2.24, 2.45) is 5.41 Å². The molecule has 0 saturated carbocycles. The van der Waals surface area contributed by atoms with Gasteiger partial charge in [-0.1, -0.05) is 34.1 Å². The number of aromatic nitrogens is 2.